The first-order valence-electron chi connectivity index (χ1n) is 5.70. The summed E-state index contributed by atoms with van der Waals surface area (Å²) < 4.78 is 6.11. The second-order valence-electron chi connectivity index (χ2n) is 4.63. The van der Waals surface area contributed by atoms with Gasteiger partial charge in [-0.3, -0.25) is 0 Å². The molecular formula is C13H16OS. The lowest BCUT2D eigenvalue weighted by molar-refractivity contribution is -0.0275. The maximum atomic E-state index is 6.11. The molecule has 80 valence electrons. The van der Waals surface area contributed by atoms with Gasteiger partial charge in [0.05, 0.1) is 6.10 Å². The van der Waals surface area contributed by atoms with Gasteiger partial charge in [-0.1, -0.05) is 30.0 Å². The molecule has 1 heterocycles. The van der Waals surface area contributed by atoms with Crippen molar-refractivity contribution in [1.29, 1.82) is 0 Å². The summed E-state index contributed by atoms with van der Waals surface area (Å²) in [5.74, 6) is 0.790. The third-order valence-electron chi connectivity index (χ3n) is 3.51. The van der Waals surface area contributed by atoms with Gasteiger partial charge in [-0.25, -0.2) is 0 Å². The molecule has 15 heavy (non-hydrogen) atoms. The van der Waals surface area contributed by atoms with Gasteiger partial charge in [0.25, 0.3) is 0 Å². The topological polar surface area (TPSA) is 9.23 Å². The van der Waals surface area contributed by atoms with E-state index in [1.54, 1.807) is 0 Å². The average Bonchev–Trinajstić information content (AvgIpc) is 2.44. The van der Waals surface area contributed by atoms with Gasteiger partial charge in [-0.15, -0.1) is 0 Å². The summed E-state index contributed by atoms with van der Waals surface area (Å²) in [5, 5.41) is 0. The summed E-state index contributed by atoms with van der Waals surface area (Å²) in [6.07, 6.45) is 4.28. The van der Waals surface area contributed by atoms with Crippen molar-refractivity contribution in [2.24, 2.45) is 5.92 Å². The summed E-state index contributed by atoms with van der Waals surface area (Å²) in [4.78, 5) is 1.47. The molecule has 3 atom stereocenters. The van der Waals surface area contributed by atoms with Crippen LogP contribution in [0.2, 0.25) is 0 Å². The van der Waals surface area contributed by atoms with Crippen LogP contribution in [0.3, 0.4) is 0 Å². The minimum absolute atomic E-state index is 0.126. The van der Waals surface area contributed by atoms with E-state index in [0.29, 0.717) is 6.10 Å². The fourth-order valence-electron chi connectivity index (χ4n) is 2.67. The predicted octanol–water partition coefficient (Wildman–Crippen LogP) is 3.69. The Hall–Kier alpha value is -0.470. The molecule has 0 radical (unpaired) electrons. The zero-order chi connectivity index (χ0) is 10.3. The number of rotatable bonds is 2. The van der Waals surface area contributed by atoms with E-state index < -0.39 is 0 Å². The van der Waals surface area contributed by atoms with Gasteiger partial charge in [-0.05, 0) is 38.3 Å². The van der Waals surface area contributed by atoms with Gasteiger partial charge in [-0.2, -0.15) is 0 Å². The third-order valence-corrected chi connectivity index (χ3v) is 5.00. The van der Waals surface area contributed by atoms with E-state index in [1.165, 1.54) is 24.2 Å². The first-order chi connectivity index (χ1) is 7.28. The summed E-state index contributed by atoms with van der Waals surface area (Å²) >= 11 is 1.93. The van der Waals surface area contributed by atoms with E-state index >= 15 is 0 Å². The van der Waals surface area contributed by atoms with Crippen LogP contribution in [0.4, 0.5) is 0 Å². The van der Waals surface area contributed by atoms with E-state index in [9.17, 15) is 0 Å². The molecule has 1 saturated carbocycles. The lowest BCUT2D eigenvalue weighted by Crippen LogP contribution is -2.41. The van der Waals surface area contributed by atoms with Gasteiger partial charge < -0.3 is 4.74 Å². The monoisotopic (exact) mass is 220 g/mol. The Morgan fingerprint density at radius 1 is 1.33 bits per heavy atom. The maximum Gasteiger partial charge on any atom is 0.121 e. The van der Waals surface area contributed by atoms with Crippen LogP contribution >= 0.6 is 11.8 Å². The summed E-state index contributed by atoms with van der Waals surface area (Å²) in [7, 11) is 0. The SMILES string of the molecule is C[C@H]1C[C@@H]2CC[C@]2(Sc2ccccc2)O1. The van der Waals surface area contributed by atoms with Crippen LogP contribution in [0.1, 0.15) is 26.2 Å². The molecule has 2 fully saturated rings. The van der Waals surface area contributed by atoms with E-state index in [1.807, 2.05) is 11.8 Å². The first kappa shape index (κ1) is 9.73. The minimum atomic E-state index is 0.126. The first-order valence-corrected chi connectivity index (χ1v) is 6.52. The average molecular weight is 220 g/mol. The van der Waals surface area contributed by atoms with Gasteiger partial charge in [0.2, 0.25) is 0 Å². The van der Waals surface area contributed by atoms with E-state index in [4.69, 9.17) is 4.74 Å². The molecule has 0 spiro atoms. The number of ether oxygens (including phenoxy) is 1. The zero-order valence-electron chi connectivity index (χ0n) is 8.98. The van der Waals surface area contributed by atoms with Gasteiger partial charge in [0.15, 0.2) is 0 Å². The number of fused-ring (bicyclic) bond motifs is 1. The Bertz CT molecular complexity index is 351. The van der Waals surface area contributed by atoms with Gasteiger partial charge in [0.1, 0.15) is 4.93 Å². The highest BCUT2D eigenvalue weighted by Gasteiger charge is 2.54. The molecule has 0 N–H and O–H groups in total. The maximum absolute atomic E-state index is 6.11. The molecule has 1 nitrogen and oxygen atoms in total. The molecule has 1 aliphatic carbocycles. The van der Waals surface area contributed by atoms with Crippen LogP contribution in [0.15, 0.2) is 35.2 Å². The van der Waals surface area contributed by atoms with E-state index in [2.05, 4.69) is 37.3 Å². The summed E-state index contributed by atoms with van der Waals surface area (Å²) in [6, 6.07) is 10.6. The number of hydrogen-bond donors (Lipinski definition) is 0. The largest absolute Gasteiger partial charge is 0.361 e. The van der Waals surface area contributed by atoms with Crippen molar-refractivity contribution in [3.63, 3.8) is 0 Å². The zero-order valence-corrected chi connectivity index (χ0v) is 9.80. The third kappa shape index (κ3) is 1.60. The Morgan fingerprint density at radius 2 is 2.13 bits per heavy atom. The minimum Gasteiger partial charge on any atom is -0.361 e. The number of thioether (sulfide) groups is 1. The Labute approximate surface area is 95.2 Å². The van der Waals surface area contributed by atoms with Crippen LogP contribution in [-0.4, -0.2) is 11.0 Å². The van der Waals surface area contributed by atoms with E-state index in [0.717, 1.165) is 5.92 Å². The lowest BCUT2D eigenvalue weighted by Gasteiger charge is -2.42. The van der Waals surface area contributed by atoms with Crippen LogP contribution in [0.5, 0.6) is 0 Å². The Kier molecular flexibility index (Phi) is 2.29. The molecule has 0 amide bonds. The Balaban J connectivity index is 1.78. The van der Waals surface area contributed by atoms with Crippen molar-refractivity contribution in [2.75, 3.05) is 0 Å². The van der Waals surface area contributed by atoms with Crippen molar-refractivity contribution < 1.29 is 4.74 Å². The highest BCUT2D eigenvalue weighted by molar-refractivity contribution is 8.00. The van der Waals surface area contributed by atoms with Crippen molar-refractivity contribution in [3.8, 4) is 0 Å². The quantitative estimate of drug-likeness (QED) is 0.751. The molecule has 3 rings (SSSR count). The van der Waals surface area contributed by atoms with Crippen LogP contribution in [0, 0.1) is 5.92 Å². The van der Waals surface area contributed by atoms with Crippen LogP contribution in [0.25, 0.3) is 0 Å². The highest BCUT2D eigenvalue weighted by Crippen LogP contribution is 2.58. The molecule has 0 aromatic heterocycles. The van der Waals surface area contributed by atoms with Crippen molar-refractivity contribution in [3.05, 3.63) is 30.3 Å². The second-order valence-corrected chi connectivity index (χ2v) is 5.99. The molecule has 1 aromatic carbocycles. The van der Waals surface area contributed by atoms with Crippen molar-refractivity contribution in [1.82, 2.24) is 0 Å². The predicted molar refractivity (Wildman–Crippen MR) is 62.9 cm³/mol. The smallest absolute Gasteiger partial charge is 0.121 e. The molecule has 2 aliphatic rings. The van der Waals surface area contributed by atoms with Crippen molar-refractivity contribution in [2.45, 2.75) is 42.1 Å². The fourth-order valence-corrected chi connectivity index (χ4v) is 4.18. The molecule has 2 heteroatoms. The van der Waals surface area contributed by atoms with Crippen LogP contribution < -0.4 is 0 Å². The number of benzene rings is 1. The summed E-state index contributed by atoms with van der Waals surface area (Å²) in [5.41, 5.74) is 0. The molecule has 1 saturated heterocycles. The molecule has 0 unspecified atom stereocenters. The lowest BCUT2D eigenvalue weighted by atomic mass is 9.80. The molecule has 1 aliphatic heterocycles. The fraction of sp³-hybridized carbons (Fsp3) is 0.538. The second kappa shape index (κ2) is 3.53. The molecule has 0 bridgehead atoms. The Morgan fingerprint density at radius 3 is 2.73 bits per heavy atom. The molecular weight excluding hydrogens is 204 g/mol. The summed E-state index contributed by atoms with van der Waals surface area (Å²) in [6.45, 7) is 2.20. The normalized spacial score (nSPS) is 38.5. The van der Waals surface area contributed by atoms with E-state index in [-0.39, 0.29) is 4.93 Å². The van der Waals surface area contributed by atoms with Gasteiger partial charge >= 0.3 is 0 Å². The van der Waals surface area contributed by atoms with Gasteiger partial charge in [0, 0.05) is 10.8 Å². The highest BCUT2D eigenvalue weighted by atomic mass is 32.2. The van der Waals surface area contributed by atoms with Crippen molar-refractivity contribution >= 4 is 11.8 Å². The van der Waals surface area contributed by atoms with Crippen LogP contribution in [-0.2, 0) is 4.74 Å². The standard InChI is InChI=1S/C13H16OS/c1-10-9-11-7-8-13(11,14-10)15-12-5-3-2-4-6-12/h2-6,10-11H,7-9H2,1H3/t10-,11-,13+/m0/s1. The molecule has 1 aromatic rings. The number of hydrogen-bond acceptors (Lipinski definition) is 2.